The minimum absolute atomic E-state index is 0.102. The first-order chi connectivity index (χ1) is 12.8. The molecule has 7 heteroatoms. The zero-order valence-electron chi connectivity index (χ0n) is 15.7. The Morgan fingerprint density at radius 3 is 2.48 bits per heavy atom. The molecule has 0 aromatic heterocycles. The lowest BCUT2D eigenvalue weighted by molar-refractivity contribution is -0.118. The number of carbonyl (C=O) groups excluding carboxylic acids is 1. The van der Waals surface area contributed by atoms with Crippen LogP contribution >= 0.6 is 0 Å². The van der Waals surface area contributed by atoms with Crippen molar-refractivity contribution in [3.8, 4) is 5.75 Å². The van der Waals surface area contributed by atoms with Gasteiger partial charge in [0.1, 0.15) is 5.75 Å². The van der Waals surface area contributed by atoms with Crippen molar-refractivity contribution >= 4 is 27.3 Å². The molecule has 0 saturated carbocycles. The summed E-state index contributed by atoms with van der Waals surface area (Å²) in [5.41, 5.74) is 2.18. The number of nitrogens with one attached hydrogen (secondary N) is 1. The van der Waals surface area contributed by atoms with E-state index in [-0.39, 0.29) is 16.7 Å². The van der Waals surface area contributed by atoms with Crippen molar-refractivity contribution in [1.29, 1.82) is 0 Å². The molecule has 2 aromatic carbocycles. The van der Waals surface area contributed by atoms with Crippen LogP contribution in [-0.2, 0) is 21.2 Å². The lowest BCUT2D eigenvalue weighted by atomic mass is 10.0. The summed E-state index contributed by atoms with van der Waals surface area (Å²) in [5.74, 6) is 0.349. The SMILES string of the molecule is COc1ccc(S(=O)(=O)N2CCCc3ccc(NC(=O)C(C)C)cc32)cc1. The molecule has 1 aliphatic heterocycles. The summed E-state index contributed by atoms with van der Waals surface area (Å²) in [6.45, 7) is 4.03. The predicted molar refractivity (Wildman–Crippen MR) is 106 cm³/mol. The molecule has 2 aromatic rings. The number of anilines is 2. The first-order valence-corrected chi connectivity index (χ1v) is 10.4. The number of fused-ring (bicyclic) bond motifs is 1. The van der Waals surface area contributed by atoms with Gasteiger partial charge in [0.15, 0.2) is 0 Å². The first kappa shape index (κ1) is 19.2. The molecule has 0 aliphatic carbocycles. The van der Waals surface area contributed by atoms with Gasteiger partial charge < -0.3 is 10.1 Å². The van der Waals surface area contributed by atoms with Crippen LogP contribution in [0.3, 0.4) is 0 Å². The number of aryl methyl sites for hydroxylation is 1. The molecule has 0 atom stereocenters. The Labute approximate surface area is 160 Å². The van der Waals surface area contributed by atoms with Gasteiger partial charge in [0.2, 0.25) is 5.91 Å². The predicted octanol–water partition coefficient (Wildman–Crippen LogP) is 3.43. The van der Waals surface area contributed by atoms with Crippen LogP contribution in [0.1, 0.15) is 25.8 Å². The molecule has 0 saturated heterocycles. The summed E-state index contributed by atoms with van der Waals surface area (Å²) in [6, 6.07) is 11.8. The third-order valence-corrected chi connectivity index (χ3v) is 6.43. The molecule has 1 N–H and O–H groups in total. The second-order valence-corrected chi connectivity index (χ2v) is 8.71. The number of amides is 1. The van der Waals surface area contributed by atoms with E-state index in [0.717, 1.165) is 18.4 Å². The summed E-state index contributed by atoms with van der Waals surface area (Å²) in [4.78, 5) is 12.2. The van der Waals surface area contributed by atoms with Crippen LogP contribution in [0.4, 0.5) is 11.4 Å². The summed E-state index contributed by atoms with van der Waals surface area (Å²) >= 11 is 0. The maximum atomic E-state index is 13.2. The van der Waals surface area contributed by atoms with Gasteiger partial charge in [0, 0.05) is 18.2 Å². The van der Waals surface area contributed by atoms with Gasteiger partial charge >= 0.3 is 0 Å². The van der Waals surface area contributed by atoms with E-state index in [4.69, 9.17) is 4.74 Å². The van der Waals surface area contributed by atoms with Crippen LogP contribution in [0, 0.1) is 5.92 Å². The van der Waals surface area contributed by atoms with Crippen molar-refractivity contribution in [1.82, 2.24) is 0 Å². The first-order valence-electron chi connectivity index (χ1n) is 8.93. The van der Waals surface area contributed by atoms with Gasteiger partial charge in [-0.2, -0.15) is 0 Å². The summed E-state index contributed by atoms with van der Waals surface area (Å²) in [5, 5.41) is 2.84. The Hall–Kier alpha value is -2.54. The minimum Gasteiger partial charge on any atom is -0.497 e. The summed E-state index contributed by atoms with van der Waals surface area (Å²) in [6.07, 6.45) is 1.56. The van der Waals surface area contributed by atoms with E-state index in [1.165, 1.54) is 11.4 Å². The maximum absolute atomic E-state index is 13.2. The molecule has 0 bridgehead atoms. The van der Waals surface area contributed by atoms with E-state index in [9.17, 15) is 13.2 Å². The standard InChI is InChI=1S/C20H24N2O4S/c1-14(2)20(23)21-16-7-6-15-5-4-12-22(19(15)13-16)27(24,25)18-10-8-17(26-3)9-11-18/h6-11,13-14H,4-5,12H2,1-3H3,(H,21,23). The molecular formula is C20H24N2O4S. The third kappa shape index (κ3) is 3.93. The molecule has 0 spiro atoms. The lowest BCUT2D eigenvalue weighted by Gasteiger charge is -2.31. The third-order valence-electron chi connectivity index (χ3n) is 4.60. The highest BCUT2D eigenvalue weighted by atomic mass is 32.2. The van der Waals surface area contributed by atoms with Crippen LogP contribution in [0.25, 0.3) is 0 Å². The molecule has 0 unspecified atom stereocenters. The van der Waals surface area contributed by atoms with E-state index < -0.39 is 10.0 Å². The van der Waals surface area contributed by atoms with Gasteiger partial charge in [0.25, 0.3) is 10.0 Å². The minimum atomic E-state index is -3.70. The van der Waals surface area contributed by atoms with Crippen LogP contribution in [0.2, 0.25) is 0 Å². The number of ether oxygens (including phenoxy) is 1. The molecule has 6 nitrogen and oxygen atoms in total. The van der Waals surface area contributed by atoms with Crippen molar-refractivity contribution in [2.75, 3.05) is 23.3 Å². The molecule has 27 heavy (non-hydrogen) atoms. The Balaban J connectivity index is 1.97. The van der Waals surface area contributed by atoms with Gasteiger partial charge in [-0.1, -0.05) is 19.9 Å². The number of sulfonamides is 1. The molecular weight excluding hydrogens is 364 g/mol. The molecule has 0 radical (unpaired) electrons. The highest BCUT2D eigenvalue weighted by Crippen LogP contribution is 2.34. The lowest BCUT2D eigenvalue weighted by Crippen LogP contribution is -2.35. The highest BCUT2D eigenvalue weighted by Gasteiger charge is 2.29. The number of carbonyl (C=O) groups is 1. The number of nitrogens with zero attached hydrogens (tertiary/aromatic N) is 1. The van der Waals surface area contributed by atoms with Crippen molar-refractivity contribution in [2.45, 2.75) is 31.6 Å². The van der Waals surface area contributed by atoms with Gasteiger partial charge in [0.05, 0.1) is 17.7 Å². The Morgan fingerprint density at radius 1 is 1.15 bits per heavy atom. The monoisotopic (exact) mass is 388 g/mol. The summed E-state index contributed by atoms with van der Waals surface area (Å²) < 4.78 is 32.9. The molecule has 1 heterocycles. The van der Waals surface area contributed by atoms with E-state index in [1.54, 1.807) is 30.3 Å². The smallest absolute Gasteiger partial charge is 0.264 e. The van der Waals surface area contributed by atoms with Gasteiger partial charge in [-0.15, -0.1) is 0 Å². The van der Waals surface area contributed by atoms with Gasteiger partial charge in [-0.3, -0.25) is 9.10 Å². The second-order valence-electron chi connectivity index (χ2n) is 6.84. The number of rotatable bonds is 5. The van der Waals surface area contributed by atoms with Crippen LogP contribution in [0.5, 0.6) is 5.75 Å². The van der Waals surface area contributed by atoms with Crippen molar-refractivity contribution < 1.29 is 17.9 Å². The Morgan fingerprint density at radius 2 is 1.85 bits per heavy atom. The highest BCUT2D eigenvalue weighted by molar-refractivity contribution is 7.92. The molecule has 3 rings (SSSR count). The maximum Gasteiger partial charge on any atom is 0.264 e. The Bertz CT molecular complexity index is 937. The van der Waals surface area contributed by atoms with E-state index in [1.807, 2.05) is 26.0 Å². The average Bonchev–Trinajstić information content (AvgIpc) is 2.67. The van der Waals surface area contributed by atoms with E-state index in [2.05, 4.69) is 5.32 Å². The Kier molecular flexibility index (Phi) is 5.41. The van der Waals surface area contributed by atoms with E-state index >= 15 is 0 Å². The fraction of sp³-hybridized carbons (Fsp3) is 0.350. The van der Waals surface area contributed by atoms with Crippen molar-refractivity contribution in [3.63, 3.8) is 0 Å². The van der Waals surface area contributed by atoms with Crippen LogP contribution in [0.15, 0.2) is 47.4 Å². The normalized spacial score (nSPS) is 14.0. The number of hydrogen-bond acceptors (Lipinski definition) is 4. The van der Waals surface area contributed by atoms with E-state index in [0.29, 0.717) is 23.7 Å². The zero-order chi connectivity index (χ0) is 19.6. The second kappa shape index (κ2) is 7.60. The van der Waals surface area contributed by atoms with Gasteiger partial charge in [-0.05, 0) is 54.8 Å². The number of hydrogen-bond donors (Lipinski definition) is 1. The topological polar surface area (TPSA) is 75.7 Å². The van der Waals surface area contributed by atoms with Crippen LogP contribution in [-0.4, -0.2) is 28.0 Å². The largest absolute Gasteiger partial charge is 0.497 e. The van der Waals surface area contributed by atoms with Gasteiger partial charge in [-0.25, -0.2) is 8.42 Å². The fourth-order valence-electron chi connectivity index (χ4n) is 3.03. The molecule has 1 aliphatic rings. The number of methoxy groups -OCH3 is 1. The average molecular weight is 388 g/mol. The molecule has 0 fully saturated rings. The van der Waals surface area contributed by atoms with Crippen molar-refractivity contribution in [2.24, 2.45) is 5.92 Å². The summed E-state index contributed by atoms with van der Waals surface area (Å²) in [7, 11) is -2.16. The molecule has 144 valence electrons. The fourth-order valence-corrected chi connectivity index (χ4v) is 4.56. The zero-order valence-corrected chi connectivity index (χ0v) is 16.5. The van der Waals surface area contributed by atoms with Crippen LogP contribution < -0.4 is 14.4 Å². The molecule has 1 amide bonds. The quantitative estimate of drug-likeness (QED) is 0.851. The number of benzene rings is 2. The van der Waals surface area contributed by atoms with Crippen molar-refractivity contribution in [3.05, 3.63) is 48.0 Å².